The van der Waals surface area contributed by atoms with Crippen molar-refractivity contribution in [1.29, 1.82) is 0 Å². The third-order valence-electron chi connectivity index (χ3n) is 8.86. The molecule has 4 aromatic heterocycles. The number of hydrogen-bond acceptors (Lipinski definition) is 4. The third-order valence-corrected chi connectivity index (χ3v) is 8.86. The van der Waals surface area contributed by atoms with Crippen LogP contribution in [0.2, 0.25) is 0 Å². The molecule has 0 amide bonds. The second kappa shape index (κ2) is 12.2. The molecule has 1 aliphatic heterocycles. The first-order valence-corrected chi connectivity index (χ1v) is 15.4. The van der Waals surface area contributed by atoms with Crippen molar-refractivity contribution < 1.29 is 24.5 Å². The minimum absolute atomic E-state index is 0. The summed E-state index contributed by atoms with van der Waals surface area (Å²) >= 11 is 0. The second-order valence-corrected chi connectivity index (χ2v) is 11.9. The Hall–Kier alpha value is -4.38. The smallest absolute Gasteiger partial charge is 0.216 e. The number of rotatable bonds is 3. The second-order valence-electron chi connectivity index (χ2n) is 11.9. The van der Waals surface area contributed by atoms with Crippen molar-refractivity contribution >= 4 is 39.2 Å². The van der Waals surface area contributed by atoms with Crippen molar-refractivity contribution in [2.75, 3.05) is 0 Å². The zero-order valence-electron chi connectivity index (χ0n) is 25.3. The Morgan fingerprint density at radius 2 is 1.78 bits per heavy atom. The van der Waals surface area contributed by atoms with Crippen molar-refractivity contribution in [1.82, 2.24) is 19.5 Å². The number of aryl methyl sites for hydroxylation is 2. The summed E-state index contributed by atoms with van der Waals surface area (Å²) in [6.45, 7) is 4.97. The van der Waals surface area contributed by atoms with Crippen molar-refractivity contribution in [3.8, 4) is 22.6 Å². The van der Waals surface area contributed by atoms with Crippen molar-refractivity contribution in [2.45, 2.75) is 52.0 Å². The van der Waals surface area contributed by atoms with Crippen LogP contribution in [0.5, 0.6) is 0 Å². The Labute approximate surface area is 276 Å². The maximum Gasteiger partial charge on any atom is 0.216 e. The van der Waals surface area contributed by atoms with Crippen LogP contribution in [-0.2, 0) is 26.7 Å². The van der Waals surface area contributed by atoms with Gasteiger partial charge in [0, 0.05) is 43.9 Å². The van der Waals surface area contributed by atoms with Crippen LogP contribution in [0, 0.1) is 26.0 Å². The molecule has 7 aromatic rings. The van der Waals surface area contributed by atoms with Crippen LogP contribution >= 0.6 is 0 Å². The number of pyridine rings is 2. The molecule has 45 heavy (non-hydrogen) atoms. The average molecular weight is 765 g/mol. The van der Waals surface area contributed by atoms with Crippen molar-refractivity contribution in [2.24, 2.45) is 0 Å². The summed E-state index contributed by atoms with van der Waals surface area (Å²) in [7, 11) is 0. The predicted octanol–water partition coefficient (Wildman–Crippen LogP) is 9.65. The van der Waals surface area contributed by atoms with Crippen molar-refractivity contribution in [3.63, 3.8) is 0 Å². The number of benzene rings is 3. The van der Waals surface area contributed by atoms with Crippen LogP contribution in [0.4, 0.5) is 0 Å². The molecule has 1 radical (unpaired) electrons. The zero-order chi connectivity index (χ0) is 29.6. The fourth-order valence-electron chi connectivity index (χ4n) is 6.78. The maximum atomic E-state index is 6.10. The Morgan fingerprint density at radius 3 is 2.62 bits per heavy atom. The van der Waals surface area contributed by atoms with E-state index in [0.29, 0.717) is 11.6 Å². The third kappa shape index (κ3) is 5.43. The van der Waals surface area contributed by atoms with Crippen LogP contribution in [0.3, 0.4) is 0 Å². The van der Waals surface area contributed by atoms with Gasteiger partial charge in [-0.25, -0.2) is 4.98 Å². The van der Waals surface area contributed by atoms with Gasteiger partial charge in [0.05, 0.1) is 22.4 Å². The standard InChI is InChI=1S/C22H19N2O.C17H13N2.Ir/c1-14-9-10-18-17-7-4-8-19(21(17)25-22(18)24-14)20-13-16(11-12-23-20)15-5-2-3-6-15;1-12-10-14-8-5-9-19-16(14)15(11-12)18-17(19)13-6-3-2-4-7-13;/h4,7,9-13,15H,2-3,5-6H2,1H3;2-6,8,10-11H,9H2,1H3;/q2*-1;. The van der Waals surface area contributed by atoms with E-state index in [1.165, 1.54) is 47.9 Å². The van der Waals surface area contributed by atoms with Crippen LogP contribution in [-0.4, -0.2) is 19.5 Å². The van der Waals surface area contributed by atoms with E-state index in [0.717, 1.165) is 56.8 Å². The van der Waals surface area contributed by atoms with Gasteiger partial charge in [0.25, 0.3) is 0 Å². The Morgan fingerprint density at radius 1 is 0.889 bits per heavy atom. The molecule has 0 spiro atoms. The molecule has 0 saturated heterocycles. The molecule has 1 aliphatic carbocycles. The molecule has 1 saturated carbocycles. The summed E-state index contributed by atoms with van der Waals surface area (Å²) in [5.74, 6) is 1.67. The average Bonchev–Trinajstić information content (AvgIpc) is 3.80. The summed E-state index contributed by atoms with van der Waals surface area (Å²) in [5.41, 5.74) is 11.6. The van der Waals surface area contributed by atoms with E-state index in [1.54, 1.807) is 0 Å². The molecule has 0 unspecified atom stereocenters. The Kier molecular flexibility index (Phi) is 7.95. The van der Waals surface area contributed by atoms with Gasteiger partial charge in [-0.2, -0.15) is 0 Å². The van der Waals surface area contributed by atoms with Crippen LogP contribution < -0.4 is 0 Å². The predicted molar refractivity (Wildman–Crippen MR) is 177 cm³/mol. The van der Waals surface area contributed by atoms with Gasteiger partial charge in [0.2, 0.25) is 5.71 Å². The maximum absolute atomic E-state index is 6.10. The molecule has 5 nitrogen and oxygen atoms in total. The van der Waals surface area contributed by atoms with Crippen LogP contribution in [0.25, 0.3) is 61.8 Å². The normalized spacial score (nSPS) is 14.1. The van der Waals surface area contributed by atoms with Crippen LogP contribution in [0.15, 0.2) is 89.5 Å². The van der Waals surface area contributed by atoms with Gasteiger partial charge >= 0.3 is 0 Å². The molecule has 2 aliphatic rings. The Bertz CT molecular complexity index is 2190. The minimum Gasteiger partial charge on any atom is -0.486 e. The molecule has 1 fully saturated rings. The van der Waals surface area contributed by atoms with Crippen LogP contribution in [0.1, 0.15) is 54.0 Å². The van der Waals surface area contributed by atoms with Gasteiger partial charge in [0.15, 0.2) is 0 Å². The van der Waals surface area contributed by atoms with E-state index >= 15 is 0 Å². The summed E-state index contributed by atoms with van der Waals surface area (Å²) < 4.78 is 8.38. The van der Waals surface area contributed by atoms with Gasteiger partial charge in [0.1, 0.15) is 0 Å². The summed E-state index contributed by atoms with van der Waals surface area (Å²) in [5, 5.41) is 2.12. The van der Waals surface area contributed by atoms with Gasteiger partial charge in [-0.15, -0.1) is 54.1 Å². The molecule has 0 bridgehead atoms. The number of fused-ring (bicyclic) bond motifs is 3. The van der Waals surface area contributed by atoms with Gasteiger partial charge in [-0.05, 0) is 79.8 Å². The molecule has 0 atom stereocenters. The van der Waals surface area contributed by atoms with E-state index in [9.17, 15) is 0 Å². The monoisotopic (exact) mass is 765 g/mol. The minimum atomic E-state index is 0. The van der Waals surface area contributed by atoms with Gasteiger partial charge in [-0.3, -0.25) is 4.98 Å². The SMILES string of the molecule is Cc1cc2c3c(c1)nc(-c1[c-]cccc1)n3CC=C2.Cc1ccc2c(n1)oc1c(-c3cc(C4CCCC4)ccn3)[c-]ccc12.[Ir]. The molecule has 9 rings (SSSR count). The topological polar surface area (TPSA) is 56.7 Å². The molecule has 225 valence electrons. The largest absolute Gasteiger partial charge is 0.486 e. The summed E-state index contributed by atoms with van der Waals surface area (Å²) in [6, 6.07) is 31.5. The number of aromatic nitrogens is 4. The number of nitrogens with zero attached hydrogens (tertiary/aromatic N) is 4. The summed E-state index contributed by atoms with van der Waals surface area (Å²) in [6.07, 6.45) is 11.5. The molecular weight excluding hydrogens is 733 g/mol. The Balaban J connectivity index is 0.000000146. The van der Waals surface area contributed by atoms with E-state index in [1.807, 2.05) is 49.5 Å². The molecule has 3 aromatic carbocycles. The number of imidazole rings is 1. The van der Waals surface area contributed by atoms with Gasteiger partial charge < -0.3 is 14.0 Å². The molecule has 6 heteroatoms. The molecule has 5 heterocycles. The molecule has 0 N–H and O–H groups in total. The number of furan rings is 1. The number of hydrogen-bond donors (Lipinski definition) is 0. The van der Waals surface area contributed by atoms with E-state index < -0.39 is 0 Å². The van der Waals surface area contributed by atoms with E-state index in [4.69, 9.17) is 9.40 Å². The van der Waals surface area contributed by atoms with Gasteiger partial charge in [-0.1, -0.05) is 47.6 Å². The number of allylic oxidation sites excluding steroid dienone is 1. The van der Waals surface area contributed by atoms with E-state index in [2.05, 4.69) is 82.1 Å². The fourth-order valence-corrected chi connectivity index (χ4v) is 6.78. The molecular formula is C39H32IrN4O-2. The first-order chi connectivity index (χ1) is 21.6. The van der Waals surface area contributed by atoms with Crippen molar-refractivity contribution in [3.05, 3.63) is 120 Å². The quantitative estimate of drug-likeness (QED) is 0.168. The van der Waals surface area contributed by atoms with E-state index in [-0.39, 0.29) is 20.1 Å². The fraction of sp³-hybridized carbons (Fsp3) is 0.205. The zero-order valence-corrected chi connectivity index (χ0v) is 27.7. The first-order valence-electron chi connectivity index (χ1n) is 15.4. The summed E-state index contributed by atoms with van der Waals surface area (Å²) in [4.78, 5) is 13.9. The first kappa shape index (κ1) is 29.3.